The van der Waals surface area contributed by atoms with Crippen LogP contribution in [0.2, 0.25) is 0 Å². The molecular formula is C20H27N3O3. The van der Waals surface area contributed by atoms with Crippen LogP contribution in [0.4, 0.5) is 5.69 Å². The van der Waals surface area contributed by atoms with E-state index >= 15 is 0 Å². The van der Waals surface area contributed by atoms with Crippen molar-refractivity contribution >= 4 is 23.4 Å². The van der Waals surface area contributed by atoms with E-state index in [2.05, 4.69) is 5.32 Å². The van der Waals surface area contributed by atoms with Gasteiger partial charge in [-0.15, -0.1) is 0 Å². The summed E-state index contributed by atoms with van der Waals surface area (Å²) in [5.74, 6) is 0.0286. The first kappa shape index (κ1) is 18.4. The van der Waals surface area contributed by atoms with Gasteiger partial charge in [0.25, 0.3) is 5.91 Å². The lowest BCUT2D eigenvalue weighted by atomic mass is 9.85. The Bertz CT molecular complexity index is 755. The second kappa shape index (κ2) is 6.74. The number of anilines is 1. The van der Waals surface area contributed by atoms with Crippen LogP contribution in [0.1, 0.15) is 50.0 Å². The normalized spacial score (nSPS) is 19.2. The molecule has 3 rings (SSSR count). The van der Waals surface area contributed by atoms with Crippen molar-refractivity contribution < 1.29 is 14.4 Å². The number of carbonyl (C=O) groups is 3. The first-order valence-electron chi connectivity index (χ1n) is 9.26. The van der Waals surface area contributed by atoms with Gasteiger partial charge in [-0.2, -0.15) is 0 Å². The molecule has 1 fully saturated rings. The summed E-state index contributed by atoms with van der Waals surface area (Å²) in [6.07, 6.45) is 0.778. The fourth-order valence-corrected chi connectivity index (χ4v) is 3.59. The summed E-state index contributed by atoms with van der Waals surface area (Å²) in [5, 5.41) is 2.86. The molecule has 1 N–H and O–H groups in total. The largest absolute Gasteiger partial charge is 0.341 e. The Labute approximate surface area is 154 Å². The van der Waals surface area contributed by atoms with Crippen molar-refractivity contribution in [1.82, 2.24) is 9.80 Å². The van der Waals surface area contributed by atoms with E-state index in [9.17, 15) is 14.4 Å². The molecule has 0 saturated carbocycles. The highest BCUT2D eigenvalue weighted by atomic mass is 16.2. The zero-order valence-electron chi connectivity index (χ0n) is 16.0. The van der Waals surface area contributed by atoms with Crippen LogP contribution in [0.3, 0.4) is 0 Å². The maximum Gasteiger partial charge on any atom is 0.253 e. The van der Waals surface area contributed by atoms with Gasteiger partial charge < -0.3 is 15.1 Å². The monoisotopic (exact) mass is 357 g/mol. The summed E-state index contributed by atoms with van der Waals surface area (Å²) < 4.78 is 0. The van der Waals surface area contributed by atoms with E-state index in [1.807, 2.05) is 49.6 Å². The number of benzene rings is 1. The minimum Gasteiger partial charge on any atom is -0.341 e. The predicted octanol–water partition coefficient (Wildman–Crippen LogP) is 2.25. The topological polar surface area (TPSA) is 69.7 Å². The summed E-state index contributed by atoms with van der Waals surface area (Å²) >= 11 is 0. The maximum absolute atomic E-state index is 13.0. The van der Waals surface area contributed by atoms with Gasteiger partial charge in [0.1, 0.15) is 0 Å². The van der Waals surface area contributed by atoms with Gasteiger partial charge >= 0.3 is 0 Å². The van der Waals surface area contributed by atoms with Crippen molar-refractivity contribution in [2.24, 2.45) is 5.92 Å². The fourth-order valence-electron chi connectivity index (χ4n) is 3.59. The minimum atomic E-state index is -0.634. The van der Waals surface area contributed by atoms with Crippen LogP contribution >= 0.6 is 0 Å². The Morgan fingerprint density at radius 3 is 2.42 bits per heavy atom. The molecule has 1 aromatic rings. The van der Waals surface area contributed by atoms with Gasteiger partial charge in [-0.3, -0.25) is 14.4 Å². The van der Waals surface area contributed by atoms with Gasteiger partial charge in [0, 0.05) is 43.3 Å². The summed E-state index contributed by atoms with van der Waals surface area (Å²) in [6, 6.07) is 5.41. The van der Waals surface area contributed by atoms with E-state index in [0.29, 0.717) is 31.7 Å². The first-order chi connectivity index (χ1) is 12.2. The van der Waals surface area contributed by atoms with E-state index in [-0.39, 0.29) is 23.6 Å². The van der Waals surface area contributed by atoms with E-state index in [1.165, 1.54) is 0 Å². The van der Waals surface area contributed by atoms with Gasteiger partial charge in [-0.05, 0) is 44.0 Å². The zero-order chi connectivity index (χ0) is 19.1. The van der Waals surface area contributed by atoms with Crippen LogP contribution in [0.5, 0.6) is 0 Å². The average Bonchev–Trinajstić information content (AvgIpc) is 2.77. The summed E-state index contributed by atoms with van der Waals surface area (Å²) in [4.78, 5) is 40.9. The number of amides is 3. The zero-order valence-corrected chi connectivity index (χ0v) is 16.0. The van der Waals surface area contributed by atoms with Crippen LogP contribution < -0.4 is 5.32 Å². The van der Waals surface area contributed by atoms with E-state index < -0.39 is 5.41 Å². The molecule has 2 aliphatic heterocycles. The molecule has 1 saturated heterocycles. The Balaban J connectivity index is 1.76. The third-order valence-corrected chi connectivity index (χ3v) is 5.34. The summed E-state index contributed by atoms with van der Waals surface area (Å²) in [6.45, 7) is 9.96. The Morgan fingerprint density at radius 2 is 1.73 bits per heavy atom. The quantitative estimate of drug-likeness (QED) is 0.882. The molecule has 2 aliphatic rings. The van der Waals surface area contributed by atoms with Crippen LogP contribution in [-0.4, -0.2) is 53.7 Å². The number of fused-ring (bicyclic) bond motifs is 1. The van der Waals surface area contributed by atoms with Crippen LogP contribution in [-0.2, 0) is 15.0 Å². The molecule has 1 aromatic carbocycles. The standard InChI is InChI=1S/C20H27N3O3/c1-13(2)17(24)22-8-5-9-23(11-10-22)18(25)14-6-7-16-15(12-14)20(3,4)19(26)21-16/h6-7,12-13H,5,8-11H2,1-4H3,(H,21,26). The highest BCUT2D eigenvalue weighted by molar-refractivity contribution is 6.07. The number of nitrogens with one attached hydrogen (secondary N) is 1. The van der Waals surface area contributed by atoms with Crippen LogP contribution in [0.25, 0.3) is 0 Å². The lowest BCUT2D eigenvalue weighted by molar-refractivity contribution is -0.134. The fraction of sp³-hybridized carbons (Fsp3) is 0.550. The SMILES string of the molecule is CC(C)C(=O)N1CCCN(C(=O)c2ccc3c(c2)C(C)(C)C(=O)N3)CC1. The summed E-state index contributed by atoms with van der Waals surface area (Å²) in [5.41, 5.74) is 1.60. The molecular weight excluding hydrogens is 330 g/mol. The second-order valence-corrected chi connectivity index (χ2v) is 7.97. The third kappa shape index (κ3) is 3.20. The molecule has 26 heavy (non-hydrogen) atoms. The van der Waals surface area contributed by atoms with Crippen molar-refractivity contribution in [2.75, 3.05) is 31.5 Å². The molecule has 2 heterocycles. The van der Waals surface area contributed by atoms with Crippen molar-refractivity contribution in [3.63, 3.8) is 0 Å². The van der Waals surface area contributed by atoms with Crippen LogP contribution in [0, 0.1) is 5.92 Å². The molecule has 0 unspecified atom stereocenters. The van der Waals surface area contributed by atoms with Gasteiger partial charge in [0.15, 0.2) is 0 Å². The Morgan fingerprint density at radius 1 is 1.08 bits per heavy atom. The molecule has 140 valence electrons. The van der Waals surface area contributed by atoms with Gasteiger partial charge in [0.05, 0.1) is 5.41 Å². The third-order valence-electron chi connectivity index (χ3n) is 5.34. The van der Waals surface area contributed by atoms with E-state index in [4.69, 9.17) is 0 Å². The Kier molecular flexibility index (Phi) is 4.78. The molecule has 0 spiro atoms. The van der Waals surface area contributed by atoms with Crippen molar-refractivity contribution in [3.8, 4) is 0 Å². The lowest BCUT2D eigenvalue weighted by Crippen LogP contribution is -2.39. The number of rotatable bonds is 2. The number of nitrogens with zero attached hydrogens (tertiary/aromatic N) is 2. The Hall–Kier alpha value is -2.37. The van der Waals surface area contributed by atoms with Crippen molar-refractivity contribution in [2.45, 2.75) is 39.5 Å². The molecule has 6 heteroatoms. The van der Waals surface area contributed by atoms with Gasteiger partial charge in [0.2, 0.25) is 11.8 Å². The smallest absolute Gasteiger partial charge is 0.253 e. The van der Waals surface area contributed by atoms with Crippen molar-refractivity contribution in [3.05, 3.63) is 29.3 Å². The predicted molar refractivity (Wildman–Crippen MR) is 100 cm³/mol. The number of carbonyl (C=O) groups excluding carboxylic acids is 3. The molecule has 3 amide bonds. The highest BCUT2D eigenvalue weighted by Crippen LogP contribution is 2.37. The highest BCUT2D eigenvalue weighted by Gasteiger charge is 2.38. The second-order valence-electron chi connectivity index (χ2n) is 7.97. The summed E-state index contributed by atoms with van der Waals surface area (Å²) in [7, 11) is 0. The number of hydrogen-bond donors (Lipinski definition) is 1. The lowest BCUT2D eigenvalue weighted by Gasteiger charge is -2.24. The maximum atomic E-state index is 13.0. The van der Waals surface area contributed by atoms with Gasteiger partial charge in [-0.1, -0.05) is 13.8 Å². The molecule has 0 radical (unpaired) electrons. The molecule has 0 aromatic heterocycles. The molecule has 6 nitrogen and oxygen atoms in total. The van der Waals surface area contributed by atoms with Crippen LogP contribution in [0.15, 0.2) is 18.2 Å². The molecule has 0 bridgehead atoms. The molecule has 0 atom stereocenters. The van der Waals surface area contributed by atoms with Crippen molar-refractivity contribution in [1.29, 1.82) is 0 Å². The first-order valence-corrected chi connectivity index (χ1v) is 9.26. The van der Waals surface area contributed by atoms with E-state index in [0.717, 1.165) is 17.7 Å². The average molecular weight is 357 g/mol. The minimum absolute atomic E-state index is 0.0266. The number of hydrogen-bond acceptors (Lipinski definition) is 3. The van der Waals surface area contributed by atoms with E-state index in [1.54, 1.807) is 6.07 Å². The van der Waals surface area contributed by atoms with Gasteiger partial charge in [-0.25, -0.2) is 0 Å². The molecule has 0 aliphatic carbocycles.